The zero-order valence-electron chi connectivity index (χ0n) is 23.7. The molecule has 42 heavy (non-hydrogen) atoms. The molecule has 224 valence electrons. The van der Waals surface area contributed by atoms with Gasteiger partial charge in [0.25, 0.3) is 5.91 Å². The van der Waals surface area contributed by atoms with E-state index in [2.05, 4.69) is 5.32 Å². The van der Waals surface area contributed by atoms with Gasteiger partial charge < -0.3 is 20.3 Å². The summed E-state index contributed by atoms with van der Waals surface area (Å²) in [6.07, 6.45) is -2.83. The number of carbonyl (C=O) groups is 2. The molecule has 1 heterocycles. The number of nitrogens with zero attached hydrogens (tertiary/aromatic N) is 2. The zero-order valence-corrected chi connectivity index (χ0v) is 24.5. The highest BCUT2D eigenvalue weighted by Gasteiger charge is 2.39. The molecule has 11 heteroatoms. The number of hydrogen-bond donors (Lipinski definition) is 3. The number of aliphatic hydroxyl groups excluding tert-OH is 2. The molecule has 10 nitrogen and oxygen atoms in total. The number of carbonyl (C=O) groups excluding carboxylic acids is 2. The fourth-order valence-electron chi connectivity index (χ4n) is 4.77. The van der Waals surface area contributed by atoms with Crippen molar-refractivity contribution in [2.75, 3.05) is 24.5 Å². The molecule has 1 aliphatic rings. The number of nitrogens with one attached hydrogen (secondary N) is 1. The van der Waals surface area contributed by atoms with E-state index >= 15 is 0 Å². The topological polar surface area (TPSA) is 136 Å². The van der Waals surface area contributed by atoms with Crippen molar-refractivity contribution in [3.05, 3.63) is 96.1 Å². The van der Waals surface area contributed by atoms with Gasteiger partial charge in [-0.3, -0.25) is 9.69 Å². The Hall–Kier alpha value is -3.77. The van der Waals surface area contributed by atoms with Crippen molar-refractivity contribution >= 4 is 27.7 Å². The molecule has 3 N–H and O–H groups in total. The summed E-state index contributed by atoms with van der Waals surface area (Å²) in [6.45, 7) is 3.40. The lowest BCUT2D eigenvalue weighted by molar-refractivity contribution is -0.129. The molecule has 0 radical (unpaired) electrons. The van der Waals surface area contributed by atoms with Gasteiger partial charge in [0, 0.05) is 18.8 Å². The first-order chi connectivity index (χ1) is 20.1. The summed E-state index contributed by atoms with van der Waals surface area (Å²) in [6, 6.07) is 23.1. The second-order valence-corrected chi connectivity index (χ2v) is 12.6. The molecule has 1 fully saturated rings. The fourth-order valence-corrected chi connectivity index (χ4v) is 6.40. The smallest absolute Gasteiger partial charge is 0.415 e. The largest absolute Gasteiger partial charge is 0.434 e. The molecule has 0 aromatic heterocycles. The molecule has 0 bridgehead atoms. The molecule has 1 saturated heterocycles. The standard InChI is InChI=1S/C31H37N3O7S/c1-22(2)18-33(42(39,40)26-15-13-24(21-35)14-16-26)19-28(36)27(17-23-9-5-3-6-10-23)32-30(37)29-20-34(31(38)41-29)25-11-7-4-8-12-25/h3-16,22,27-29,35-36H,17-21H2,1-2H3,(H,32,37)/t27-,28+,29-/m0/s1. The molecule has 3 atom stereocenters. The fraction of sp³-hybridized carbons (Fsp3) is 0.355. The van der Waals surface area contributed by atoms with Gasteiger partial charge in [0.05, 0.1) is 30.2 Å². The third kappa shape index (κ3) is 7.74. The van der Waals surface area contributed by atoms with Crippen LogP contribution in [0.1, 0.15) is 25.0 Å². The Labute approximate surface area is 246 Å². The molecular weight excluding hydrogens is 558 g/mol. The van der Waals surface area contributed by atoms with Gasteiger partial charge in [-0.2, -0.15) is 4.31 Å². The zero-order chi connectivity index (χ0) is 30.3. The summed E-state index contributed by atoms with van der Waals surface area (Å²) in [5, 5.41) is 23.6. The number of cyclic esters (lactones) is 1. The first-order valence-electron chi connectivity index (χ1n) is 13.8. The van der Waals surface area contributed by atoms with Crippen LogP contribution < -0.4 is 10.2 Å². The van der Waals surface area contributed by atoms with Crippen LogP contribution in [0.5, 0.6) is 0 Å². The van der Waals surface area contributed by atoms with E-state index < -0.39 is 40.3 Å². The van der Waals surface area contributed by atoms with E-state index in [0.717, 1.165) is 5.56 Å². The van der Waals surface area contributed by atoms with Crippen LogP contribution in [0.3, 0.4) is 0 Å². The maximum absolute atomic E-state index is 13.6. The second-order valence-electron chi connectivity index (χ2n) is 10.7. The Bertz CT molecular complexity index is 1430. The van der Waals surface area contributed by atoms with Crippen LogP contribution in [0, 0.1) is 5.92 Å². The van der Waals surface area contributed by atoms with E-state index in [4.69, 9.17) is 4.74 Å². The Kier molecular flexibility index (Phi) is 10.3. The Balaban J connectivity index is 1.54. The number of para-hydroxylation sites is 1. The SMILES string of the molecule is CC(C)CN(C[C@@H](O)[C@H](Cc1ccccc1)NC(=O)[C@@H]1CN(c2ccccc2)C(=O)O1)S(=O)(=O)c1ccc(CO)cc1. The molecule has 0 spiro atoms. The van der Waals surface area contributed by atoms with Crippen LogP contribution in [-0.4, -0.2) is 72.8 Å². The number of ether oxygens (including phenoxy) is 1. The van der Waals surface area contributed by atoms with Crippen LogP contribution in [0.2, 0.25) is 0 Å². The van der Waals surface area contributed by atoms with E-state index in [1.165, 1.54) is 33.5 Å². The molecule has 0 saturated carbocycles. The third-order valence-electron chi connectivity index (χ3n) is 6.97. The maximum Gasteiger partial charge on any atom is 0.415 e. The quantitative estimate of drug-likeness (QED) is 0.276. The lowest BCUT2D eigenvalue weighted by Crippen LogP contribution is -2.53. The number of benzene rings is 3. The minimum absolute atomic E-state index is 0.000517. The van der Waals surface area contributed by atoms with Crippen LogP contribution in [0.15, 0.2) is 89.8 Å². The van der Waals surface area contributed by atoms with Gasteiger partial charge in [-0.15, -0.1) is 0 Å². The number of amides is 2. The van der Waals surface area contributed by atoms with Crippen molar-refractivity contribution in [3.8, 4) is 0 Å². The highest BCUT2D eigenvalue weighted by Crippen LogP contribution is 2.23. The molecule has 3 aromatic carbocycles. The summed E-state index contributed by atoms with van der Waals surface area (Å²) in [5.74, 6) is -0.632. The molecule has 0 aliphatic carbocycles. The van der Waals surface area contributed by atoms with Crippen molar-refractivity contribution in [2.24, 2.45) is 5.92 Å². The van der Waals surface area contributed by atoms with Crippen molar-refractivity contribution in [1.82, 2.24) is 9.62 Å². The summed E-state index contributed by atoms with van der Waals surface area (Å²) < 4.78 is 33.8. The number of sulfonamides is 1. The second kappa shape index (κ2) is 13.9. The van der Waals surface area contributed by atoms with Crippen molar-refractivity contribution < 1.29 is 33.0 Å². The third-order valence-corrected chi connectivity index (χ3v) is 8.81. The molecule has 3 aromatic rings. The van der Waals surface area contributed by atoms with Gasteiger partial charge in [0.2, 0.25) is 10.0 Å². The molecule has 0 unspecified atom stereocenters. The Morgan fingerprint density at radius 1 is 0.976 bits per heavy atom. The monoisotopic (exact) mass is 595 g/mol. The van der Waals surface area contributed by atoms with E-state index in [0.29, 0.717) is 11.3 Å². The van der Waals surface area contributed by atoms with Gasteiger partial charge in [-0.1, -0.05) is 74.5 Å². The van der Waals surface area contributed by atoms with Crippen molar-refractivity contribution in [3.63, 3.8) is 0 Å². The van der Waals surface area contributed by atoms with Crippen LogP contribution in [-0.2, 0) is 32.6 Å². The molecule has 2 amide bonds. The number of aliphatic hydroxyl groups is 2. The van der Waals surface area contributed by atoms with Crippen molar-refractivity contribution in [2.45, 2.75) is 50.0 Å². The summed E-state index contributed by atoms with van der Waals surface area (Å²) in [5.41, 5.74) is 2.00. The Morgan fingerprint density at radius 2 is 1.60 bits per heavy atom. The molecule has 1 aliphatic heterocycles. The average Bonchev–Trinajstić information content (AvgIpc) is 3.38. The number of rotatable bonds is 13. The highest BCUT2D eigenvalue weighted by atomic mass is 32.2. The minimum atomic E-state index is -4.01. The first-order valence-corrected chi connectivity index (χ1v) is 15.3. The summed E-state index contributed by atoms with van der Waals surface area (Å²) >= 11 is 0. The van der Waals surface area contributed by atoms with Crippen LogP contribution >= 0.6 is 0 Å². The summed E-state index contributed by atoms with van der Waals surface area (Å²) in [7, 11) is -4.01. The molecule has 4 rings (SSSR count). The van der Waals surface area contributed by atoms with Gasteiger partial charge in [0.1, 0.15) is 0 Å². The van der Waals surface area contributed by atoms with Crippen LogP contribution in [0.4, 0.5) is 10.5 Å². The van der Waals surface area contributed by atoms with Gasteiger partial charge in [-0.05, 0) is 47.7 Å². The number of hydrogen-bond acceptors (Lipinski definition) is 7. The van der Waals surface area contributed by atoms with E-state index in [1.54, 1.807) is 24.3 Å². The highest BCUT2D eigenvalue weighted by molar-refractivity contribution is 7.89. The van der Waals surface area contributed by atoms with E-state index in [1.807, 2.05) is 50.2 Å². The Morgan fingerprint density at radius 3 is 2.19 bits per heavy atom. The van der Waals surface area contributed by atoms with Crippen LogP contribution in [0.25, 0.3) is 0 Å². The lowest BCUT2D eigenvalue weighted by atomic mass is 10.0. The van der Waals surface area contributed by atoms with Gasteiger partial charge >= 0.3 is 6.09 Å². The molecular formula is C31H37N3O7S. The van der Waals surface area contributed by atoms with Gasteiger partial charge in [-0.25, -0.2) is 13.2 Å². The minimum Gasteiger partial charge on any atom is -0.434 e. The lowest BCUT2D eigenvalue weighted by Gasteiger charge is -2.31. The van der Waals surface area contributed by atoms with Crippen molar-refractivity contribution in [1.29, 1.82) is 0 Å². The van der Waals surface area contributed by atoms with E-state index in [9.17, 15) is 28.2 Å². The summed E-state index contributed by atoms with van der Waals surface area (Å²) in [4.78, 5) is 27.3. The number of anilines is 1. The predicted molar refractivity (Wildman–Crippen MR) is 158 cm³/mol. The maximum atomic E-state index is 13.6. The average molecular weight is 596 g/mol. The van der Waals surface area contributed by atoms with E-state index in [-0.39, 0.29) is 43.5 Å². The first kappa shape index (κ1) is 31.2. The predicted octanol–water partition coefficient (Wildman–Crippen LogP) is 2.94. The normalized spacial score (nSPS) is 16.9. The van der Waals surface area contributed by atoms with Gasteiger partial charge in [0.15, 0.2) is 6.10 Å².